The van der Waals surface area contributed by atoms with Gasteiger partial charge in [-0.1, -0.05) is 18.2 Å². The van der Waals surface area contributed by atoms with Gasteiger partial charge < -0.3 is 15.5 Å². The highest BCUT2D eigenvalue weighted by atomic mass is 19.1. The van der Waals surface area contributed by atoms with Gasteiger partial charge in [-0.15, -0.1) is 0 Å². The van der Waals surface area contributed by atoms with E-state index >= 15 is 4.39 Å². The minimum absolute atomic E-state index is 0.00388. The number of carbonyl (C=O) groups excluding carboxylic acids is 3. The highest BCUT2D eigenvalue weighted by Gasteiger charge is 2.35. The van der Waals surface area contributed by atoms with E-state index < -0.39 is 11.8 Å². The molecule has 9 rings (SSSR count). The van der Waals surface area contributed by atoms with Crippen molar-refractivity contribution in [1.29, 1.82) is 0 Å². The van der Waals surface area contributed by atoms with Crippen LogP contribution in [0.3, 0.4) is 0 Å². The Morgan fingerprint density at radius 1 is 0.836 bits per heavy atom. The Hall–Kier alpha value is -6.03. The number of amides is 4. The molecule has 14 nitrogen and oxygen atoms in total. The average molecular weight is 833 g/mol. The second kappa shape index (κ2) is 17.1. The lowest BCUT2D eigenvalue weighted by Gasteiger charge is -2.41. The third-order valence-corrected chi connectivity index (χ3v) is 13.2. The first-order valence-corrected chi connectivity index (χ1v) is 21.5. The fourth-order valence-electron chi connectivity index (χ4n) is 9.80. The number of pyridine rings is 1. The van der Waals surface area contributed by atoms with E-state index in [0.29, 0.717) is 40.0 Å². The Kier molecular flexibility index (Phi) is 11.4. The smallest absolute Gasteiger partial charge is 0.329 e. The molecule has 318 valence electrons. The van der Waals surface area contributed by atoms with Crippen molar-refractivity contribution in [2.75, 3.05) is 29.9 Å². The third-order valence-electron chi connectivity index (χ3n) is 13.2. The Balaban J connectivity index is 0.728. The highest BCUT2D eigenvalue weighted by Crippen LogP contribution is 2.38. The SMILES string of the molecule is Cn1nc(N2CCC(=O)NC2=O)c2cc(F)c(C3CCN(C4CCC(C(=O)NC5CCC(Nc6ncc(F)c(-c7cccc(-n8ccccc8=O)c7)n6)CC5)CC4)CC3)cc21. The van der Waals surface area contributed by atoms with Gasteiger partial charge >= 0.3 is 6.03 Å². The minimum Gasteiger partial charge on any atom is -0.353 e. The van der Waals surface area contributed by atoms with Gasteiger partial charge in [-0.05, 0) is 119 Å². The topological polar surface area (TPSA) is 159 Å². The lowest BCUT2D eigenvalue weighted by atomic mass is 9.82. The number of aryl methyl sites for hydroxylation is 1. The lowest BCUT2D eigenvalue weighted by molar-refractivity contribution is -0.127. The van der Waals surface area contributed by atoms with E-state index in [4.69, 9.17) is 0 Å². The van der Waals surface area contributed by atoms with Crippen LogP contribution in [0.15, 0.2) is 71.8 Å². The first-order chi connectivity index (χ1) is 29.6. The maximum absolute atomic E-state index is 15.7. The molecule has 3 aromatic heterocycles. The van der Waals surface area contributed by atoms with Crippen LogP contribution in [-0.2, 0) is 16.6 Å². The summed E-state index contributed by atoms with van der Waals surface area (Å²) < 4.78 is 33.9. The normalized spacial score (nSPS) is 22.9. The van der Waals surface area contributed by atoms with Crippen molar-refractivity contribution >= 4 is 40.5 Å². The summed E-state index contributed by atoms with van der Waals surface area (Å²) in [5.74, 6) is -0.291. The molecule has 0 spiro atoms. The van der Waals surface area contributed by atoms with Crippen LogP contribution >= 0.6 is 0 Å². The van der Waals surface area contributed by atoms with Crippen LogP contribution in [0.4, 0.5) is 25.3 Å². The largest absolute Gasteiger partial charge is 0.353 e. The Morgan fingerprint density at radius 3 is 2.36 bits per heavy atom. The molecule has 0 radical (unpaired) electrons. The number of nitrogens with zero attached hydrogens (tertiary/aromatic N) is 7. The molecule has 0 atom stereocenters. The predicted molar refractivity (Wildman–Crippen MR) is 226 cm³/mol. The number of urea groups is 1. The lowest BCUT2D eigenvalue weighted by Crippen LogP contribution is -2.49. The van der Waals surface area contributed by atoms with Gasteiger partial charge in [-0.3, -0.25) is 33.8 Å². The van der Waals surface area contributed by atoms with Gasteiger partial charge in [0, 0.05) is 73.0 Å². The molecule has 2 aromatic carbocycles. The van der Waals surface area contributed by atoms with Crippen molar-refractivity contribution in [2.45, 2.75) is 94.7 Å². The molecule has 61 heavy (non-hydrogen) atoms. The maximum atomic E-state index is 15.7. The number of hydrogen-bond donors (Lipinski definition) is 3. The van der Waals surface area contributed by atoms with Gasteiger partial charge in [-0.2, -0.15) is 5.10 Å². The van der Waals surface area contributed by atoms with Crippen molar-refractivity contribution in [2.24, 2.45) is 13.0 Å². The molecule has 2 saturated carbocycles. The summed E-state index contributed by atoms with van der Waals surface area (Å²) in [5, 5.41) is 14.1. The number of anilines is 2. The summed E-state index contributed by atoms with van der Waals surface area (Å²) in [7, 11) is 1.78. The van der Waals surface area contributed by atoms with Crippen LogP contribution < -0.4 is 26.4 Å². The van der Waals surface area contributed by atoms with E-state index in [2.05, 4.69) is 35.9 Å². The van der Waals surface area contributed by atoms with Crippen LogP contribution in [0.1, 0.15) is 82.1 Å². The number of fused-ring (bicyclic) bond motifs is 1. The molecular formula is C45H50F2N10O4. The van der Waals surface area contributed by atoms with Gasteiger partial charge in [0.15, 0.2) is 11.6 Å². The van der Waals surface area contributed by atoms with Gasteiger partial charge in [0.1, 0.15) is 11.5 Å². The average Bonchev–Trinajstić information content (AvgIpc) is 3.58. The fraction of sp³-hybridized carbons (Fsp3) is 0.444. The van der Waals surface area contributed by atoms with Gasteiger partial charge in [0.25, 0.3) is 5.56 Å². The maximum Gasteiger partial charge on any atom is 0.329 e. The number of imide groups is 1. The van der Waals surface area contributed by atoms with Crippen molar-refractivity contribution in [3.05, 3.63) is 94.5 Å². The number of hydrogen-bond acceptors (Lipinski definition) is 9. The van der Waals surface area contributed by atoms with Gasteiger partial charge in [0.05, 0.1) is 11.7 Å². The summed E-state index contributed by atoms with van der Waals surface area (Å²) in [6.07, 6.45) is 11.6. The monoisotopic (exact) mass is 832 g/mol. The van der Waals surface area contributed by atoms with E-state index in [1.165, 1.54) is 27.8 Å². The van der Waals surface area contributed by atoms with Crippen molar-refractivity contribution in [1.82, 2.24) is 39.8 Å². The zero-order valence-electron chi connectivity index (χ0n) is 34.2. The number of benzene rings is 2. The summed E-state index contributed by atoms with van der Waals surface area (Å²) in [6, 6.07) is 15.4. The zero-order chi connectivity index (χ0) is 42.2. The zero-order valence-corrected chi connectivity index (χ0v) is 34.2. The number of carbonyl (C=O) groups is 3. The van der Waals surface area contributed by atoms with E-state index in [1.54, 1.807) is 54.3 Å². The molecule has 0 unspecified atom stereocenters. The molecule has 16 heteroatoms. The standard InChI is InChI=1S/C45H50F2N10O4/c1-54-38-25-34(36(46)24-35(38)42(53-54)57-22-18-39(58)51-45(57)61)27-16-20-55(21-17-27)32-14-8-28(9-15-32)43(60)49-30-10-12-31(13-11-30)50-44-48-26-37(47)41(52-44)29-5-4-6-33(23-29)56-19-3-2-7-40(56)59/h2-7,19,23-28,30-32H,8-18,20-22H2,1H3,(H,49,60)(H,48,50,52)(H,51,58,61). The Bertz CT molecular complexity index is 2520. The molecule has 4 fully saturated rings. The van der Waals surface area contributed by atoms with E-state index in [-0.39, 0.29) is 65.8 Å². The quantitative estimate of drug-likeness (QED) is 0.158. The minimum atomic E-state index is -0.551. The Labute approximate surface area is 351 Å². The summed E-state index contributed by atoms with van der Waals surface area (Å²) in [5.41, 5.74) is 2.54. The number of rotatable bonds is 9. The van der Waals surface area contributed by atoms with Gasteiger partial charge in [-0.25, -0.2) is 23.5 Å². The third kappa shape index (κ3) is 8.50. The van der Waals surface area contributed by atoms with Crippen LogP contribution in [0.25, 0.3) is 27.8 Å². The molecule has 4 aliphatic rings. The van der Waals surface area contributed by atoms with Crippen LogP contribution in [0.2, 0.25) is 0 Å². The van der Waals surface area contributed by atoms with E-state index in [9.17, 15) is 23.6 Å². The number of piperidine rings is 1. The molecule has 2 aliphatic carbocycles. The van der Waals surface area contributed by atoms with E-state index in [1.807, 2.05) is 6.07 Å². The molecular weight excluding hydrogens is 783 g/mol. The summed E-state index contributed by atoms with van der Waals surface area (Å²) in [4.78, 5) is 62.6. The van der Waals surface area contributed by atoms with Crippen LogP contribution in [-0.4, -0.2) is 84.8 Å². The van der Waals surface area contributed by atoms with Crippen molar-refractivity contribution in [3.8, 4) is 16.9 Å². The molecule has 5 heterocycles. The molecule has 5 aromatic rings. The van der Waals surface area contributed by atoms with E-state index in [0.717, 1.165) is 82.8 Å². The first-order valence-electron chi connectivity index (χ1n) is 21.5. The molecule has 2 aliphatic heterocycles. The fourth-order valence-corrected chi connectivity index (χ4v) is 9.80. The second-order valence-corrected chi connectivity index (χ2v) is 17.0. The van der Waals surface area contributed by atoms with Crippen molar-refractivity contribution < 1.29 is 23.2 Å². The van der Waals surface area contributed by atoms with Gasteiger partial charge in [0.2, 0.25) is 17.8 Å². The number of aromatic nitrogens is 5. The Morgan fingerprint density at radius 2 is 1.61 bits per heavy atom. The number of halogens is 2. The number of nitrogens with one attached hydrogen (secondary N) is 3. The van der Waals surface area contributed by atoms with Crippen LogP contribution in [0.5, 0.6) is 0 Å². The second-order valence-electron chi connectivity index (χ2n) is 17.0. The molecule has 0 bridgehead atoms. The van der Waals surface area contributed by atoms with Crippen LogP contribution in [0, 0.1) is 17.6 Å². The summed E-state index contributed by atoms with van der Waals surface area (Å²) >= 11 is 0. The number of likely N-dealkylation sites (tertiary alicyclic amines) is 1. The molecule has 4 amide bonds. The summed E-state index contributed by atoms with van der Waals surface area (Å²) in [6.45, 7) is 1.94. The first kappa shape index (κ1) is 40.4. The van der Waals surface area contributed by atoms with Crippen molar-refractivity contribution in [3.63, 3.8) is 0 Å². The highest BCUT2D eigenvalue weighted by molar-refractivity contribution is 6.08. The molecule has 3 N–H and O–H groups in total. The predicted octanol–water partition coefficient (Wildman–Crippen LogP) is 6.18. The molecule has 2 saturated heterocycles.